The molecule has 184 valence electrons. The fourth-order valence-electron chi connectivity index (χ4n) is 3.88. The maximum atomic E-state index is 12.0. The fourth-order valence-corrected chi connectivity index (χ4v) is 4.14. The molecule has 1 aliphatic heterocycles. The highest BCUT2D eigenvalue weighted by Crippen LogP contribution is 2.22. The molecule has 2 aromatic carbocycles. The predicted molar refractivity (Wildman–Crippen MR) is 140 cm³/mol. The van der Waals surface area contributed by atoms with Gasteiger partial charge in [-0.05, 0) is 79.8 Å². The van der Waals surface area contributed by atoms with Crippen LogP contribution in [0.1, 0.15) is 87.1 Å². The van der Waals surface area contributed by atoms with Crippen molar-refractivity contribution in [1.29, 1.82) is 0 Å². The van der Waals surface area contributed by atoms with E-state index in [4.69, 9.17) is 14.3 Å². The largest absolute Gasteiger partial charge is 0.494 e. The Kier molecular flexibility index (Phi) is 11.5. The maximum absolute atomic E-state index is 12.0. The number of benzene rings is 2. The third kappa shape index (κ3) is 9.13. The maximum Gasteiger partial charge on any atom is 0.338 e. The van der Waals surface area contributed by atoms with Crippen molar-refractivity contribution in [2.75, 3.05) is 13.2 Å². The monoisotopic (exact) mass is 529 g/mol. The Labute approximate surface area is 212 Å². The van der Waals surface area contributed by atoms with Gasteiger partial charge in [0.1, 0.15) is 11.9 Å². The van der Waals surface area contributed by atoms with Crippen LogP contribution in [0.3, 0.4) is 0 Å². The number of unbranched alkanes of at least 4 members (excludes halogenated alkanes) is 6. The zero-order chi connectivity index (χ0) is 24.0. The fraction of sp³-hybridized carbons (Fsp3) is 0.500. The van der Waals surface area contributed by atoms with Crippen molar-refractivity contribution in [3.63, 3.8) is 0 Å². The molecule has 0 saturated heterocycles. The molecule has 0 amide bonds. The van der Waals surface area contributed by atoms with Gasteiger partial charge in [0, 0.05) is 10.9 Å². The number of carbonyl (C=O) groups excluding carboxylic acids is 1. The average Bonchev–Trinajstić information content (AvgIpc) is 3.33. The molecule has 0 spiro atoms. The van der Waals surface area contributed by atoms with Gasteiger partial charge in [-0.15, -0.1) is 0 Å². The number of halogens is 1. The Balaban J connectivity index is 1.27. The van der Waals surface area contributed by atoms with Gasteiger partial charge in [0.05, 0.1) is 24.5 Å². The normalized spacial score (nSPS) is 15.0. The molecule has 1 aliphatic rings. The zero-order valence-corrected chi connectivity index (χ0v) is 21.7. The Morgan fingerprint density at radius 2 is 1.65 bits per heavy atom. The number of hydrogen-bond acceptors (Lipinski definition) is 5. The molecule has 1 atom stereocenters. The van der Waals surface area contributed by atoms with Gasteiger partial charge in [-0.2, -0.15) is 0 Å². The Morgan fingerprint density at radius 3 is 2.41 bits per heavy atom. The summed E-state index contributed by atoms with van der Waals surface area (Å²) in [5.41, 5.74) is 2.63. The van der Waals surface area contributed by atoms with Crippen LogP contribution in [0.25, 0.3) is 0 Å². The lowest BCUT2D eigenvalue weighted by atomic mass is 10.0. The number of ether oxygens (including phenoxy) is 2. The number of esters is 1. The second-order valence-electron chi connectivity index (χ2n) is 8.75. The second-order valence-corrected chi connectivity index (χ2v) is 9.66. The summed E-state index contributed by atoms with van der Waals surface area (Å²) in [5, 5.41) is 4.29. The zero-order valence-electron chi connectivity index (χ0n) is 20.1. The molecule has 1 unspecified atom stereocenters. The minimum Gasteiger partial charge on any atom is -0.494 e. The van der Waals surface area contributed by atoms with Gasteiger partial charge in [-0.1, -0.05) is 60.1 Å². The van der Waals surface area contributed by atoms with Gasteiger partial charge in [0.2, 0.25) is 0 Å². The van der Waals surface area contributed by atoms with Crippen molar-refractivity contribution in [3.8, 4) is 5.75 Å². The van der Waals surface area contributed by atoms with Crippen LogP contribution in [-0.4, -0.2) is 31.0 Å². The summed E-state index contributed by atoms with van der Waals surface area (Å²) in [6, 6.07) is 15.3. The standard InChI is InChI=1S/C28H36BrNO4/c1-2-3-4-5-6-8-19-32-25-17-13-22(14-18-25)27-21-26(34-30-27)10-7-9-20-33-28(31)23-11-15-24(29)16-12-23/h11-18,26H,2-10,19-21H2,1H3. The molecular formula is C28H36BrNO4. The lowest BCUT2D eigenvalue weighted by molar-refractivity contribution is 0.0481. The van der Waals surface area contributed by atoms with Gasteiger partial charge in [-0.25, -0.2) is 4.79 Å². The van der Waals surface area contributed by atoms with Crippen LogP contribution in [0.15, 0.2) is 58.2 Å². The lowest BCUT2D eigenvalue weighted by Crippen LogP contribution is -2.10. The predicted octanol–water partition coefficient (Wildman–Crippen LogP) is 7.71. The van der Waals surface area contributed by atoms with Crippen molar-refractivity contribution in [3.05, 3.63) is 64.1 Å². The van der Waals surface area contributed by atoms with Crippen molar-refractivity contribution in [1.82, 2.24) is 0 Å². The number of oxime groups is 1. The Bertz CT molecular complexity index is 896. The van der Waals surface area contributed by atoms with E-state index in [1.807, 2.05) is 24.3 Å². The van der Waals surface area contributed by atoms with E-state index in [1.54, 1.807) is 12.1 Å². The number of rotatable bonds is 15. The Hall–Kier alpha value is -2.34. The van der Waals surface area contributed by atoms with Crippen molar-refractivity contribution >= 4 is 27.6 Å². The molecule has 0 fully saturated rings. The first kappa shape index (κ1) is 26.3. The summed E-state index contributed by atoms with van der Waals surface area (Å²) in [7, 11) is 0. The van der Waals surface area contributed by atoms with Crippen LogP contribution in [-0.2, 0) is 9.57 Å². The van der Waals surface area contributed by atoms with Gasteiger partial charge in [-0.3, -0.25) is 0 Å². The van der Waals surface area contributed by atoms with Crippen molar-refractivity contribution < 1.29 is 19.1 Å². The van der Waals surface area contributed by atoms with E-state index in [9.17, 15) is 4.79 Å². The highest BCUT2D eigenvalue weighted by molar-refractivity contribution is 9.10. The second kappa shape index (κ2) is 14.8. The number of hydrogen-bond donors (Lipinski definition) is 0. The number of nitrogens with zero attached hydrogens (tertiary/aromatic N) is 1. The smallest absolute Gasteiger partial charge is 0.338 e. The van der Waals surface area contributed by atoms with Crippen molar-refractivity contribution in [2.45, 2.75) is 77.2 Å². The van der Waals surface area contributed by atoms with Crippen LogP contribution in [0, 0.1) is 0 Å². The quantitative estimate of drug-likeness (QED) is 0.175. The van der Waals surface area contributed by atoms with Crippen LogP contribution < -0.4 is 4.74 Å². The topological polar surface area (TPSA) is 57.1 Å². The molecule has 5 nitrogen and oxygen atoms in total. The van der Waals surface area contributed by atoms with E-state index in [2.05, 4.69) is 40.1 Å². The molecule has 34 heavy (non-hydrogen) atoms. The first-order valence-corrected chi connectivity index (χ1v) is 13.3. The molecule has 6 heteroatoms. The van der Waals surface area contributed by atoms with E-state index in [0.29, 0.717) is 12.2 Å². The summed E-state index contributed by atoms with van der Waals surface area (Å²) in [6.45, 7) is 3.43. The lowest BCUT2D eigenvalue weighted by Gasteiger charge is -2.09. The molecule has 0 saturated carbocycles. The highest BCUT2D eigenvalue weighted by Gasteiger charge is 2.21. The third-order valence-corrected chi connectivity index (χ3v) is 6.45. The van der Waals surface area contributed by atoms with Crippen molar-refractivity contribution in [2.24, 2.45) is 5.16 Å². The summed E-state index contributed by atoms with van der Waals surface area (Å²) in [6.07, 6.45) is 11.1. The minimum atomic E-state index is -0.283. The van der Waals surface area contributed by atoms with Crippen LogP contribution in [0.4, 0.5) is 0 Å². The van der Waals surface area contributed by atoms with E-state index in [0.717, 1.165) is 60.2 Å². The van der Waals surface area contributed by atoms with Crippen LogP contribution in [0.5, 0.6) is 5.75 Å². The van der Waals surface area contributed by atoms with Gasteiger partial charge < -0.3 is 14.3 Å². The van der Waals surface area contributed by atoms with Crippen LogP contribution >= 0.6 is 15.9 Å². The first-order valence-electron chi connectivity index (χ1n) is 12.5. The molecule has 0 aromatic heterocycles. The first-order chi connectivity index (χ1) is 16.7. The summed E-state index contributed by atoms with van der Waals surface area (Å²) >= 11 is 3.36. The van der Waals surface area contributed by atoms with Gasteiger partial charge in [0.15, 0.2) is 0 Å². The molecule has 2 aromatic rings. The molecule has 0 bridgehead atoms. The van der Waals surface area contributed by atoms with E-state index in [1.165, 1.54) is 32.1 Å². The molecule has 3 rings (SSSR count). The highest BCUT2D eigenvalue weighted by atomic mass is 79.9. The van der Waals surface area contributed by atoms with Gasteiger partial charge >= 0.3 is 5.97 Å². The number of carbonyl (C=O) groups is 1. The van der Waals surface area contributed by atoms with Crippen LogP contribution in [0.2, 0.25) is 0 Å². The van der Waals surface area contributed by atoms with E-state index in [-0.39, 0.29) is 12.1 Å². The summed E-state index contributed by atoms with van der Waals surface area (Å²) in [4.78, 5) is 17.7. The Morgan fingerprint density at radius 1 is 0.941 bits per heavy atom. The molecule has 1 heterocycles. The third-order valence-electron chi connectivity index (χ3n) is 5.92. The molecule has 0 aliphatic carbocycles. The summed E-state index contributed by atoms with van der Waals surface area (Å²) < 4.78 is 12.2. The minimum absolute atomic E-state index is 0.0841. The molecular weight excluding hydrogens is 494 g/mol. The SMILES string of the molecule is CCCCCCCCOc1ccc(C2=NOC(CCCCOC(=O)c3ccc(Br)cc3)C2)cc1. The van der Waals surface area contributed by atoms with Gasteiger partial charge in [0.25, 0.3) is 0 Å². The molecule has 0 N–H and O–H groups in total. The summed E-state index contributed by atoms with van der Waals surface area (Å²) in [5.74, 6) is 0.626. The average molecular weight is 531 g/mol. The molecule has 0 radical (unpaired) electrons. The van der Waals surface area contributed by atoms with E-state index < -0.39 is 0 Å². The van der Waals surface area contributed by atoms with E-state index >= 15 is 0 Å².